The van der Waals surface area contributed by atoms with Crippen molar-refractivity contribution in [3.8, 4) is 11.1 Å². The summed E-state index contributed by atoms with van der Waals surface area (Å²) >= 11 is 0. The van der Waals surface area contributed by atoms with Crippen LogP contribution >= 0.6 is 0 Å². The molecule has 0 fully saturated rings. The highest BCUT2D eigenvalue weighted by molar-refractivity contribution is 5.71. The summed E-state index contributed by atoms with van der Waals surface area (Å²) < 4.78 is 13.2. The van der Waals surface area contributed by atoms with Gasteiger partial charge in [-0.05, 0) is 53.8 Å². The first-order valence-corrected chi connectivity index (χ1v) is 5.68. The van der Waals surface area contributed by atoms with Crippen molar-refractivity contribution in [2.75, 3.05) is 0 Å². The van der Waals surface area contributed by atoms with Crippen LogP contribution in [0.3, 0.4) is 0 Å². The molecule has 88 valence electrons. The van der Waals surface area contributed by atoms with E-state index in [1.165, 1.54) is 23.3 Å². The van der Waals surface area contributed by atoms with Crippen LogP contribution < -0.4 is 5.73 Å². The van der Waals surface area contributed by atoms with E-state index in [9.17, 15) is 4.39 Å². The molecule has 0 radical (unpaired) electrons. The van der Waals surface area contributed by atoms with Gasteiger partial charge in [0.15, 0.2) is 0 Å². The van der Waals surface area contributed by atoms with E-state index in [1.807, 2.05) is 6.07 Å². The van der Waals surface area contributed by atoms with Gasteiger partial charge in [-0.2, -0.15) is 0 Å². The molecule has 0 aromatic heterocycles. The molecule has 0 atom stereocenters. The number of aryl methyl sites for hydroxylation is 1. The molecule has 0 aliphatic rings. The van der Waals surface area contributed by atoms with Gasteiger partial charge in [0, 0.05) is 6.54 Å². The summed E-state index contributed by atoms with van der Waals surface area (Å²) in [7, 11) is 0. The third kappa shape index (κ3) is 2.22. The molecule has 0 aliphatic heterocycles. The van der Waals surface area contributed by atoms with E-state index in [-0.39, 0.29) is 5.82 Å². The smallest absolute Gasteiger partial charge is 0.123 e. The molecule has 0 heterocycles. The Morgan fingerprint density at radius 3 is 2.53 bits per heavy atom. The molecule has 2 rings (SSSR count). The van der Waals surface area contributed by atoms with Gasteiger partial charge in [-0.15, -0.1) is 0 Å². The molecule has 2 heteroatoms. The van der Waals surface area contributed by atoms with Crippen LogP contribution in [0.5, 0.6) is 0 Å². The highest BCUT2D eigenvalue weighted by atomic mass is 19.1. The Morgan fingerprint density at radius 2 is 1.82 bits per heavy atom. The minimum atomic E-state index is -0.237. The molecule has 0 spiro atoms. The van der Waals surface area contributed by atoms with Crippen molar-refractivity contribution in [1.29, 1.82) is 0 Å². The minimum absolute atomic E-state index is 0.237. The van der Waals surface area contributed by atoms with Crippen LogP contribution in [0.25, 0.3) is 11.1 Å². The van der Waals surface area contributed by atoms with Crippen LogP contribution in [0, 0.1) is 19.7 Å². The number of halogens is 1. The number of benzene rings is 2. The molecule has 17 heavy (non-hydrogen) atoms. The fourth-order valence-electron chi connectivity index (χ4n) is 2.04. The second kappa shape index (κ2) is 4.68. The number of hydrogen-bond donors (Lipinski definition) is 1. The topological polar surface area (TPSA) is 26.0 Å². The van der Waals surface area contributed by atoms with Crippen molar-refractivity contribution in [3.63, 3.8) is 0 Å². The maximum atomic E-state index is 13.2. The number of rotatable bonds is 2. The maximum Gasteiger partial charge on any atom is 0.123 e. The lowest BCUT2D eigenvalue weighted by molar-refractivity contribution is 0.625. The van der Waals surface area contributed by atoms with E-state index in [2.05, 4.69) is 26.0 Å². The summed E-state index contributed by atoms with van der Waals surface area (Å²) in [5.74, 6) is -0.237. The molecular formula is C15H16FN. The fraction of sp³-hybridized carbons (Fsp3) is 0.200. The summed E-state index contributed by atoms with van der Waals surface area (Å²) in [5.41, 5.74) is 11.1. The monoisotopic (exact) mass is 229 g/mol. The van der Waals surface area contributed by atoms with E-state index in [0.717, 1.165) is 16.7 Å². The average Bonchev–Trinajstić information content (AvgIpc) is 2.33. The predicted molar refractivity (Wildman–Crippen MR) is 69.2 cm³/mol. The molecule has 2 N–H and O–H groups in total. The molecule has 0 saturated heterocycles. The van der Waals surface area contributed by atoms with Crippen LogP contribution in [0.2, 0.25) is 0 Å². The van der Waals surface area contributed by atoms with E-state index in [0.29, 0.717) is 6.54 Å². The molecule has 0 aliphatic carbocycles. The molecular weight excluding hydrogens is 213 g/mol. The Hall–Kier alpha value is -1.67. The van der Waals surface area contributed by atoms with Gasteiger partial charge in [-0.1, -0.05) is 24.3 Å². The second-order valence-corrected chi connectivity index (χ2v) is 4.25. The van der Waals surface area contributed by atoms with E-state index < -0.39 is 0 Å². The molecule has 2 aromatic rings. The Kier molecular flexibility index (Phi) is 3.25. The van der Waals surface area contributed by atoms with Gasteiger partial charge in [0.05, 0.1) is 0 Å². The minimum Gasteiger partial charge on any atom is -0.326 e. The van der Waals surface area contributed by atoms with Crippen LogP contribution in [-0.2, 0) is 6.54 Å². The van der Waals surface area contributed by atoms with Crippen LogP contribution in [0.1, 0.15) is 16.7 Å². The maximum absolute atomic E-state index is 13.2. The van der Waals surface area contributed by atoms with Gasteiger partial charge in [0.2, 0.25) is 0 Å². The van der Waals surface area contributed by atoms with E-state index in [4.69, 9.17) is 5.73 Å². The Morgan fingerprint density at radius 1 is 1.06 bits per heavy atom. The summed E-state index contributed by atoms with van der Waals surface area (Å²) in [6.45, 7) is 4.50. The van der Waals surface area contributed by atoms with Crippen LogP contribution in [0.15, 0.2) is 36.4 Å². The highest BCUT2D eigenvalue weighted by Gasteiger charge is 2.08. The summed E-state index contributed by atoms with van der Waals surface area (Å²) in [5, 5.41) is 0. The zero-order valence-electron chi connectivity index (χ0n) is 10.1. The van der Waals surface area contributed by atoms with Gasteiger partial charge in [0.1, 0.15) is 5.82 Å². The van der Waals surface area contributed by atoms with E-state index >= 15 is 0 Å². The van der Waals surface area contributed by atoms with Gasteiger partial charge in [-0.3, -0.25) is 0 Å². The highest BCUT2D eigenvalue weighted by Crippen LogP contribution is 2.28. The normalized spacial score (nSPS) is 10.6. The zero-order valence-corrected chi connectivity index (χ0v) is 10.1. The molecule has 0 bridgehead atoms. The molecule has 0 saturated carbocycles. The van der Waals surface area contributed by atoms with E-state index in [1.54, 1.807) is 6.07 Å². The lowest BCUT2D eigenvalue weighted by Gasteiger charge is -2.12. The first-order chi connectivity index (χ1) is 8.13. The van der Waals surface area contributed by atoms with Crippen LogP contribution in [0.4, 0.5) is 4.39 Å². The van der Waals surface area contributed by atoms with Crippen molar-refractivity contribution in [1.82, 2.24) is 0 Å². The number of hydrogen-bond acceptors (Lipinski definition) is 1. The lowest BCUT2D eigenvalue weighted by atomic mass is 9.93. The fourth-order valence-corrected chi connectivity index (χ4v) is 2.04. The Labute approximate surface area is 101 Å². The Balaban J connectivity index is 2.64. The summed E-state index contributed by atoms with van der Waals surface area (Å²) in [6.07, 6.45) is 0. The van der Waals surface area contributed by atoms with Crippen LogP contribution in [-0.4, -0.2) is 0 Å². The largest absolute Gasteiger partial charge is 0.326 e. The van der Waals surface area contributed by atoms with Crippen molar-refractivity contribution in [2.45, 2.75) is 20.4 Å². The molecule has 1 nitrogen and oxygen atoms in total. The van der Waals surface area contributed by atoms with Crippen molar-refractivity contribution in [3.05, 3.63) is 58.9 Å². The third-order valence-corrected chi connectivity index (χ3v) is 3.18. The predicted octanol–water partition coefficient (Wildman–Crippen LogP) is 3.57. The first kappa shape index (κ1) is 11.8. The summed E-state index contributed by atoms with van der Waals surface area (Å²) in [4.78, 5) is 0. The molecule has 0 unspecified atom stereocenters. The number of nitrogens with two attached hydrogens (primary N) is 1. The molecule has 2 aromatic carbocycles. The first-order valence-electron chi connectivity index (χ1n) is 5.68. The van der Waals surface area contributed by atoms with Gasteiger partial charge >= 0.3 is 0 Å². The van der Waals surface area contributed by atoms with Crippen molar-refractivity contribution >= 4 is 0 Å². The van der Waals surface area contributed by atoms with Crippen molar-refractivity contribution in [2.24, 2.45) is 5.73 Å². The van der Waals surface area contributed by atoms with Gasteiger partial charge in [0.25, 0.3) is 0 Å². The third-order valence-electron chi connectivity index (χ3n) is 3.18. The summed E-state index contributed by atoms with van der Waals surface area (Å²) in [6, 6.07) is 10.9. The van der Waals surface area contributed by atoms with Gasteiger partial charge < -0.3 is 5.73 Å². The quantitative estimate of drug-likeness (QED) is 0.837. The van der Waals surface area contributed by atoms with Crippen molar-refractivity contribution < 1.29 is 4.39 Å². The zero-order chi connectivity index (χ0) is 12.4. The van der Waals surface area contributed by atoms with Gasteiger partial charge in [-0.25, -0.2) is 4.39 Å². The standard InChI is InChI=1S/C15H16FN/c1-10-4-3-5-14(11(10)2)15-7-6-13(16)8-12(15)9-17/h3-8H,9,17H2,1-2H3. The SMILES string of the molecule is Cc1cccc(-c2ccc(F)cc2CN)c1C. The second-order valence-electron chi connectivity index (χ2n) is 4.25. The molecule has 0 amide bonds. The Bertz CT molecular complexity index is 547. The average molecular weight is 229 g/mol. The lowest BCUT2D eigenvalue weighted by Crippen LogP contribution is -2.00.